The summed E-state index contributed by atoms with van der Waals surface area (Å²) in [6, 6.07) is 1.89. The fourth-order valence-electron chi connectivity index (χ4n) is 4.82. The number of carbonyl (C=O) groups is 1. The lowest BCUT2D eigenvalue weighted by molar-refractivity contribution is -0.263. The molecule has 2 aromatic rings. The Morgan fingerprint density at radius 1 is 1.31 bits per heavy atom. The van der Waals surface area contributed by atoms with Crippen LogP contribution in [0.2, 0.25) is 0 Å². The first-order chi connectivity index (χ1) is 13.6. The van der Waals surface area contributed by atoms with E-state index in [1.54, 1.807) is 11.8 Å². The van der Waals surface area contributed by atoms with Crippen molar-refractivity contribution < 1.29 is 27.1 Å². The summed E-state index contributed by atoms with van der Waals surface area (Å²) in [5.41, 5.74) is -1.20. The van der Waals surface area contributed by atoms with Crippen LogP contribution < -0.4 is 5.32 Å². The SMILES string of the molecule is COC12CC(C(=O)NC3CCn4nc(-c5cc(C(F)(F)F)ncc5F)cc43)(C1)C2. The summed E-state index contributed by atoms with van der Waals surface area (Å²) in [4.78, 5) is 15.8. The maximum Gasteiger partial charge on any atom is 0.433 e. The van der Waals surface area contributed by atoms with Gasteiger partial charge in [-0.3, -0.25) is 9.48 Å². The van der Waals surface area contributed by atoms with Gasteiger partial charge in [-0.2, -0.15) is 18.3 Å². The van der Waals surface area contributed by atoms with Crippen molar-refractivity contribution in [2.24, 2.45) is 5.41 Å². The smallest absolute Gasteiger partial charge is 0.378 e. The van der Waals surface area contributed by atoms with Gasteiger partial charge in [0, 0.05) is 19.2 Å². The van der Waals surface area contributed by atoms with Gasteiger partial charge in [-0.15, -0.1) is 0 Å². The molecule has 2 aromatic heterocycles. The number of hydrogen-bond donors (Lipinski definition) is 1. The molecule has 6 nitrogen and oxygen atoms in total. The fraction of sp³-hybridized carbons (Fsp3) is 0.526. The van der Waals surface area contributed by atoms with Crippen LogP contribution >= 0.6 is 0 Å². The Hall–Kier alpha value is -2.49. The minimum Gasteiger partial charge on any atom is -0.378 e. The highest BCUT2D eigenvalue weighted by atomic mass is 19.4. The van der Waals surface area contributed by atoms with Gasteiger partial charge in [-0.25, -0.2) is 9.37 Å². The van der Waals surface area contributed by atoms with E-state index >= 15 is 0 Å². The quantitative estimate of drug-likeness (QED) is 0.786. The summed E-state index contributed by atoms with van der Waals surface area (Å²) in [5, 5.41) is 7.27. The molecule has 3 saturated carbocycles. The summed E-state index contributed by atoms with van der Waals surface area (Å²) in [5.74, 6) is -0.916. The second kappa shape index (κ2) is 5.78. The van der Waals surface area contributed by atoms with E-state index in [4.69, 9.17) is 4.74 Å². The molecule has 3 heterocycles. The zero-order chi connectivity index (χ0) is 20.6. The molecular weight excluding hydrogens is 392 g/mol. The Kier molecular flexibility index (Phi) is 3.69. The predicted octanol–water partition coefficient (Wildman–Crippen LogP) is 3.23. The molecule has 0 radical (unpaired) electrons. The van der Waals surface area contributed by atoms with Gasteiger partial charge in [-0.1, -0.05) is 0 Å². The normalized spacial score (nSPS) is 29.8. The zero-order valence-electron chi connectivity index (χ0n) is 15.5. The molecular formula is C19H18F4N4O2. The lowest BCUT2D eigenvalue weighted by Gasteiger charge is -2.68. The summed E-state index contributed by atoms with van der Waals surface area (Å²) in [7, 11) is 1.65. The lowest BCUT2D eigenvalue weighted by Crippen LogP contribution is -2.72. The largest absolute Gasteiger partial charge is 0.433 e. The Balaban J connectivity index is 1.37. The topological polar surface area (TPSA) is 69.0 Å². The van der Waals surface area contributed by atoms with Crippen molar-refractivity contribution in [3.8, 4) is 11.3 Å². The van der Waals surface area contributed by atoms with Crippen LogP contribution in [0.5, 0.6) is 0 Å². The molecule has 1 unspecified atom stereocenters. The number of alkyl halides is 3. The van der Waals surface area contributed by atoms with E-state index in [2.05, 4.69) is 15.4 Å². The molecule has 6 rings (SSSR count). The number of nitrogens with one attached hydrogen (secondary N) is 1. The fourth-order valence-corrected chi connectivity index (χ4v) is 4.82. The molecule has 1 atom stereocenters. The van der Waals surface area contributed by atoms with Crippen LogP contribution in [0.1, 0.15) is 43.1 Å². The first-order valence-electron chi connectivity index (χ1n) is 9.32. The van der Waals surface area contributed by atoms with E-state index in [0.29, 0.717) is 50.2 Å². The predicted molar refractivity (Wildman–Crippen MR) is 91.9 cm³/mol. The van der Waals surface area contributed by atoms with Crippen LogP contribution in [-0.2, 0) is 22.3 Å². The van der Waals surface area contributed by atoms with Gasteiger partial charge >= 0.3 is 6.18 Å². The van der Waals surface area contributed by atoms with Crippen LogP contribution in [-0.4, -0.2) is 33.4 Å². The number of carbonyl (C=O) groups excluding carboxylic acids is 1. The Bertz CT molecular complexity index is 996. The molecule has 29 heavy (non-hydrogen) atoms. The average Bonchev–Trinajstić information content (AvgIpc) is 3.14. The van der Waals surface area contributed by atoms with Crippen LogP contribution in [0.15, 0.2) is 18.3 Å². The second-order valence-electron chi connectivity index (χ2n) is 8.24. The van der Waals surface area contributed by atoms with Crippen molar-refractivity contribution in [1.82, 2.24) is 20.1 Å². The molecule has 3 fully saturated rings. The van der Waals surface area contributed by atoms with E-state index in [1.165, 1.54) is 6.07 Å². The van der Waals surface area contributed by atoms with Crippen molar-refractivity contribution in [3.63, 3.8) is 0 Å². The number of aromatic nitrogens is 3. The summed E-state index contributed by atoms with van der Waals surface area (Å²) in [6.07, 6.45) is -1.36. The number of halogens is 4. The Morgan fingerprint density at radius 3 is 2.69 bits per heavy atom. The molecule has 3 aliphatic carbocycles. The van der Waals surface area contributed by atoms with Crippen LogP contribution in [0, 0.1) is 11.2 Å². The molecule has 10 heteroatoms. The standard InChI is InChI=1S/C19H18F4N4O2/c1-29-18-7-17(8-18,9-18)16(28)25-12-2-3-27-14(12)5-13(26-27)10-4-15(19(21,22)23)24-6-11(10)20/h4-6,12H,2-3,7-9H2,1H3,(H,25,28). The molecule has 0 spiro atoms. The number of pyridine rings is 1. The number of ether oxygens (including phenoxy) is 1. The highest BCUT2D eigenvalue weighted by molar-refractivity contribution is 5.87. The third kappa shape index (κ3) is 2.68. The molecule has 1 aliphatic heterocycles. The number of fused-ring (bicyclic) bond motifs is 1. The molecule has 1 N–H and O–H groups in total. The number of aryl methyl sites for hydroxylation is 1. The highest BCUT2D eigenvalue weighted by Crippen LogP contribution is 2.69. The third-order valence-electron chi connectivity index (χ3n) is 6.42. The number of rotatable bonds is 4. The number of amides is 1. The van der Waals surface area contributed by atoms with E-state index in [0.717, 1.165) is 0 Å². The van der Waals surface area contributed by atoms with E-state index in [9.17, 15) is 22.4 Å². The zero-order valence-corrected chi connectivity index (χ0v) is 15.5. The number of methoxy groups -OCH3 is 1. The van der Waals surface area contributed by atoms with Gasteiger partial charge in [0.15, 0.2) is 5.82 Å². The molecule has 1 amide bonds. The van der Waals surface area contributed by atoms with E-state index in [1.807, 2.05) is 0 Å². The third-order valence-corrected chi connectivity index (χ3v) is 6.42. The van der Waals surface area contributed by atoms with Crippen molar-refractivity contribution in [1.29, 1.82) is 0 Å². The molecule has 2 bridgehead atoms. The van der Waals surface area contributed by atoms with Crippen LogP contribution in [0.25, 0.3) is 11.3 Å². The van der Waals surface area contributed by atoms with Crippen molar-refractivity contribution in [2.75, 3.05) is 7.11 Å². The minimum absolute atomic E-state index is 0.0351. The van der Waals surface area contributed by atoms with Gasteiger partial charge in [-0.05, 0) is 37.8 Å². The lowest BCUT2D eigenvalue weighted by atomic mass is 9.40. The first kappa shape index (κ1) is 18.5. The Labute approximate surface area is 163 Å². The van der Waals surface area contributed by atoms with Gasteiger partial charge in [0.25, 0.3) is 0 Å². The van der Waals surface area contributed by atoms with Crippen LogP contribution in [0.3, 0.4) is 0 Å². The second-order valence-corrected chi connectivity index (χ2v) is 8.24. The van der Waals surface area contributed by atoms with Gasteiger partial charge in [0.1, 0.15) is 5.69 Å². The van der Waals surface area contributed by atoms with Gasteiger partial charge in [0.05, 0.1) is 34.6 Å². The highest BCUT2D eigenvalue weighted by Gasteiger charge is 2.72. The molecule has 154 valence electrons. The van der Waals surface area contributed by atoms with E-state index < -0.39 is 17.7 Å². The summed E-state index contributed by atoms with van der Waals surface area (Å²) >= 11 is 0. The van der Waals surface area contributed by atoms with E-state index in [-0.39, 0.29) is 34.2 Å². The van der Waals surface area contributed by atoms with Crippen molar-refractivity contribution in [3.05, 3.63) is 35.5 Å². The van der Waals surface area contributed by atoms with Crippen molar-refractivity contribution >= 4 is 5.91 Å². The number of hydrogen-bond acceptors (Lipinski definition) is 4. The molecule has 0 saturated heterocycles. The summed E-state index contributed by atoms with van der Waals surface area (Å²) in [6.45, 7) is 0.494. The van der Waals surface area contributed by atoms with Gasteiger partial charge < -0.3 is 10.1 Å². The average molecular weight is 410 g/mol. The maximum absolute atomic E-state index is 14.1. The van der Waals surface area contributed by atoms with Crippen LogP contribution in [0.4, 0.5) is 17.6 Å². The minimum atomic E-state index is -4.68. The Morgan fingerprint density at radius 2 is 2.03 bits per heavy atom. The van der Waals surface area contributed by atoms with Gasteiger partial charge in [0.2, 0.25) is 5.91 Å². The summed E-state index contributed by atoms with van der Waals surface area (Å²) < 4.78 is 59.9. The maximum atomic E-state index is 14.1. The monoisotopic (exact) mass is 410 g/mol. The number of nitrogens with zero attached hydrogens (tertiary/aromatic N) is 3. The molecule has 0 aromatic carbocycles. The van der Waals surface area contributed by atoms with Crippen molar-refractivity contribution in [2.45, 2.75) is 50.0 Å². The first-order valence-corrected chi connectivity index (χ1v) is 9.32. The molecule has 4 aliphatic rings.